The number of nitrogens with zero attached hydrogens (tertiary/aromatic N) is 3. The highest BCUT2D eigenvalue weighted by atomic mass is 32.1. The zero-order valence-corrected chi connectivity index (χ0v) is 17.4. The Hall–Kier alpha value is -1.92. The van der Waals surface area contributed by atoms with E-state index in [4.69, 9.17) is 0 Å². The Balaban J connectivity index is 1.92. The van der Waals surface area contributed by atoms with Crippen molar-refractivity contribution in [3.05, 3.63) is 51.5 Å². The molecule has 0 saturated carbocycles. The predicted molar refractivity (Wildman–Crippen MR) is 112 cm³/mol. The second kappa shape index (κ2) is 10.3. The van der Waals surface area contributed by atoms with Crippen LogP contribution in [0.15, 0.2) is 35.5 Å². The van der Waals surface area contributed by atoms with Gasteiger partial charge in [0.25, 0.3) is 0 Å². The van der Waals surface area contributed by atoms with Crippen molar-refractivity contribution < 1.29 is 0 Å². The highest BCUT2D eigenvalue weighted by Crippen LogP contribution is 2.18. The van der Waals surface area contributed by atoms with Crippen molar-refractivity contribution in [2.45, 2.75) is 39.3 Å². The van der Waals surface area contributed by atoms with Crippen molar-refractivity contribution >= 4 is 17.3 Å². The van der Waals surface area contributed by atoms with E-state index in [1.54, 1.807) is 18.4 Å². The molecular weight excluding hydrogens is 342 g/mol. The third kappa shape index (κ3) is 5.81. The van der Waals surface area contributed by atoms with Crippen LogP contribution in [-0.2, 0) is 19.4 Å². The van der Waals surface area contributed by atoms with Crippen LogP contribution in [-0.4, -0.2) is 43.5 Å². The summed E-state index contributed by atoms with van der Waals surface area (Å²) in [6.45, 7) is 5.82. The minimum Gasteiger partial charge on any atom is -0.354 e. The van der Waals surface area contributed by atoms with Crippen LogP contribution < -0.4 is 10.6 Å². The molecule has 2 rings (SSSR count). The molecule has 1 aromatic heterocycles. The Bertz CT molecular complexity index is 690. The van der Waals surface area contributed by atoms with Gasteiger partial charge >= 0.3 is 0 Å². The lowest BCUT2D eigenvalue weighted by Crippen LogP contribution is -2.41. The third-order valence-corrected chi connectivity index (χ3v) is 5.58. The van der Waals surface area contributed by atoms with Gasteiger partial charge in [-0.3, -0.25) is 4.99 Å². The third-order valence-electron chi connectivity index (χ3n) is 4.44. The molecule has 5 nitrogen and oxygen atoms in total. The summed E-state index contributed by atoms with van der Waals surface area (Å²) in [4.78, 5) is 12.3. The fraction of sp³-hybridized carbons (Fsp3) is 0.500. The average Bonchev–Trinajstić information content (AvgIpc) is 3.12. The molecular formula is C20H31N5S. The Morgan fingerprint density at radius 2 is 1.88 bits per heavy atom. The van der Waals surface area contributed by atoms with Gasteiger partial charge in [-0.15, -0.1) is 11.3 Å². The number of aliphatic imine (C=N–C) groups is 1. The first-order chi connectivity index (χ1) is 12.6. The topological polar surface area (TPSA) is 52.6 Å². The Labute approximate surface area is 161 Å². The maximum atomic E-state index is 4.45. The largest absolute Gasteiger partial charge is 0.354 e. The fourth-order valence-electron chi connectivity index (χ4n) is 2.74. The maximum Gasteiger partial charge on any atom is 0.191 e. The van der Waals surface area contributed by atoms with Crippen LogP contribution in [0.2, 0.25) is 0 Å². The molecule has 142 valence electrons. The summed E-state index contributed by atoms with van der Waals surface area (Å²) in [6.07, 6.45) is 4.06. The normalized spacial score (nSPS) is 13.1. The molecule has 1 unspecified atom stereocenters. The summed E-state index contributed by atoms with van der Waals surface area (Å²) in [5.41, 5.74) is 2.68. The number of aryl methyl sites for hydroxylation is 2. The quantitative estimate of drug-likeness (QED) is 0.551. The molecule has 0 spiro atoms. The Morgan fingerprint density at radius 1 is 1.15 bits per heavy atom. The number of thiazole rings is 1. The molecule has 6 heteroatoms. The minimum absolute atomic E-state index is 0.283. The standard InChI is InChI=1S/C20H31N5S/c1-6-15-8-10-16(11-9-15)18(25(4)5)13-23-20(21-3)24-14-19-22-12-17(7-2)26-19/h8-12,18H,6-7,13-14H2,1-5H3,(H2,21,23,24). The second-order valence-electron chi connectivity index (χ2n) is 6.46. The molecule has 2 N–H and O–H groups in total. The predicted octanol–water partition coefficient (Wildman–Crippen LogP) is 3.24. The maximum absolute atomic E-state index is 4.45. The van der Waals surface area contributed by atoms with Gasteiger partial charge < -0.3 is 15.5 Å². The highest BCUT2D eigenvalue weighted by Gasteiger charge is 2.14. The van der Waals surface area contributed by atoms with Gasteiger partial charge in [0.1, 0.15) is 5.01 Å². The molecule has 0 saturated heterocycles. The first-order valence-electron chi connectivity index (χ1n) is 9.20. The molecule has 1 atom stereocenters. The number of guanidine groups is 1. The summed E-state index contributed by atoms with van der Waals surface area (Å²) in [5.74, 6) is 0.801. The van der Waals surface area contributed by atoms with Crippen LogP contribution in [0.3, 0.4) is 0 Å². The van der Waals surface area contributed by atoms with Gasteiger partial charge in [-0.2, -0.15) is 0 Å². The van der Waals surface area contributed by atoms with Crippen molar-refractivity contribution in [1.29, 1.82) is 0 Å². The monoisotopic (exact) mass is 373 g/mol. The molecule has 26 heavy (non-hydrogen) atoms. The summed E-state index contributed by atoms with van der Waals surface area (Å²) in [7, 11) is 6.02. The highest BCUT2D eigenvalue weighted by molar-refractivity contribution is 7.11. The molecule has 0 fully saturated rings. The molecule has 2 aromatic rings. The van der Waals surface area contributed by atoms with E-state index in [0.29, 0.717) is 6.54 Å². The second-order valence-corrected chi connectivity index (χ2v) is 7.65. The van der Waals surface area contributed by atoms with Crippen LogP contribution in [0.1, 0.15) is 40.9 Å². The van der Waals surface area contributed by atoms with Gasteiger partial charge in [-0.1, -0.05) is 38.1 Å². The van der Waals surface area contributed by atoms with E-state index in [1.165, 1.54) is 16.0 Å². The summed E-state index contributed by atoms with van der Waals surface area (Å²) < 4.78 is 0. The van der Waals surface area contributed by atoms with Gasteiger partial charge in [0.15, 0.2) is 5.96 Å². The molecule has 0 amide bonds. The smallest absolute Gasteiger partial charge is 0.191 e. The summed E-state index contributed by atoms with van der Waals surface area (Å²) >= 11 is 1.75. The molecule has 0 aliphatic heterocycles. The van der Waals surface area contributed by atoms with Gasteiger partial charge in [0.05, 0.1) is 12.6 Å². The Kier molecular flexibility index (Phi) is 8.06. The summed E-state index contributed by atoms with van der Waals surface area (Å²) in [6, 6.07) is 9.16. The minimum atomic E-state index is 0.283. The first kappa shape index (κ1) is 20.4. The lowest BCUT2D eigenvalue weighted by molar-refractivity contribution is 0.298. The van der Waals surface area contributed by atoms with Gasteiger partial charge in [0.2, 0.25) is 0 Å². The number of rotatable bonds is 8. The SMILES string of the molecule is CCc1ccc(C(CNC(=NC)NCc2ncc(CC)s2)N(C)C)cc1. The molecule has 0 bridgehead atoms. The van der Waals surface area contributed by atoms with E-state index in [1.807, 2.05) is 6.20 Å². The van der Waals surface area contributed by atoms with Gasteiger partial charge in [-0.05, 0) is 38.1 Å². The van der Waals surface area contributed by atoms with E-state index in [9.17, 15) is 0 Å². The lowest BCUT2D eigenvalue weighted by Gasteiger charge is -2.26. The molecule has 0 aliphatic rings. The number of likely N-dealkylation sites (N-methyl/N-ethyl adjacent to an activating group) is 1. The fourth-order valence-corrected chi connectivity index (χ4v) is 3.54. The van der Waals surface area contributed by atoms with E-state index >= 15 is 0 Å². The van der Waals surface area contributed by atoms with E-state index < -0.39 is 0 Å². The lowest BCUT2D eigenvalue weighted by atomic mass is 10.0. The van der Waals surface area contributed by atoms with Gasteiger partial charge in [-0.25, -0.2) is 4.98 Å². The van der Waals surface area contributed by atoms with Crippen molar-refractivity contribution in [1.82, 2.24) is 20.5 Å². The molecule has 1 aromatic carbocycles. The zero-order chi connectivity index (χ0) is 18.9. The zero-order valence-electron chi connectivity index (χ0n) is 16.5. The van der Waals surface area contributed by atoms with Crippen LogP contribution in [0, 0.1) is 0 Å². The number of aromatic nitrogens is 1. The first-order valence-corrected chi connectivity index (χ1v) is 10.0. The van der Waals surface area contributed by atoms with E-state index in [2.05, 4.69) is 77.7 Å². The number of benzene rings is 1. The number of hydrogen-bond acceptors (Lipinski definition) is 4. The molecule has 1 heterocycles. The van der Waals surface area contributed by atoms with Crippen LogP contribution in [0.4, 0.5) is 0 Å². The van der Waals surface area contributed by atoms with Crippen molar-refractivity contribution in [2.75, 3.05) is 27.7 Å². The van der Waals surface area contributed by atoms with Crippen LogP contribution in [0.5, 0.6) is 0 Å². The van der Waals surface area contributed by atoms with Crippen LogP contribution >= 0.6 is 11.3 Å². The van der Waals surface area contributed by atoms with Crippen molar-refractivity contribution in [3.8, 4) is 0 Å². The number of nitrogens with one attached hydrogen (secondary N) is 2. The van der Waals surface area contributed by atoms with Crippen molar-refractivity contribution in [3.63, 3.8) is 0 Å². The average molecular weight is 374 g/mol. The Morgan fingerprint density at radius 3 is 2.42 bits per heavy atom. The van der Waals surface area contributed by atoms with E-state index in [0.717, 1.165) is 30.4 Å². The molecule has 0 radical (unpaired) electrons. The summed E-state index contributed by atoms with van der Waals surface area (Å²) in [5, 5.41) is 7.89. The molecule has 0 aliphatic carbocycles. The van der Waals surface area contributed by atoms with Gasteiger partial charge in [0, 0.05) is 24.7 Å². The number of hydrogen-bond donors (Lipinski definition) is 2. The van der Waals surface area contributed by atoms with Crippen molar-refractivity contribution in [2.24, 2.45) is 4.99 Å². The van der Waals surface area contributed by atoms with E-state index in [-0.39, 0.29) is 6.04 Å². The van der Waals surface area contributed by atoms with Crippen LogP contribution in [0.25, 0.3) is 0 Å².